The lowest BCUT2D eigenvalue weighted by Gasteiger charge is -2.17. The third kappa shape index (κ3) is 7.77. The Morgan fingerprint density at radius 2 is 1.85 bits per heavy atom. The van der Waals surface area contributed by atoms with E-state index >= 15 is 0 Å². The number of amides is 1. The summed E-state index contributed by atoms with van der Waals surface area (Å²) in [6.45, 7) is 9.45. The summed E-state index contributed by atoms with van der Waals surface area (Å²) in [5.41, 5.74) is 13.6. The van der Waals surface area contributed by atoms with Gasteiger partial charge in [-0.1, -0.05) is 50.2 Å². The summed E-state index contributed by atoms with van der Waals surface area (Å²) < 4.78 is 5.20. The number of nitrogens with zero attached hydrogens (tertiary/aromatic N) is 3. The molecule has 0 aliphatic heterocycles. The number of benzene rings is 1. The molecule has 0 fully saturated rings. The molecule has 0 saturated carbocycles. The van der Waals surface area contributed by atoms with Crippen molar-refractivity contribution in [2.75, 3.05) is 11.9 Å². The minimum absolute atomic E-state index is 0.0263. The Balaban J connectivity index is 2.09. The number of aliphatic hydroxyl groups is 1. The maximum Gasteiger partial charge on any atom is 0.231 e. The summed E-state index contributed by atoms with van der Waals surface area (Å²) in [4.78, 5) is 16.6. The Labute approximate surface area is 194 Å². The van der Waals surface area contributed by atoms with E-state index in [0.717, 1.165) is 17.7 Å². The number of carbonyl (C=O) groups excluding carboxylic acids is 1. The summed E-state index contributed by atoms with van der Waals surface area (Å²) in [6, 6.07) is 10.6. The van der Waals surface area contributed by atoms with E-state index in [9.17, 15) is 15.2 Å². The molecule has 0 spiro atoms. The number of carbonyl (C=O) groups is 1. The van der Waals surface area contributed by atoms with Gasteiger partial charge in [0.2, 0.25) is 11.8 Å². The Morgan fingerprint density at radius 3 is 2.39 bits per heavy atom. The van der Waals surface area contributed by atoms with Crippen molar-refractivity contribution < 1.29 is 14.4 Å². The Bertz CT molecular complexity index is 1080. The van der Waals surface area contributed by atoms with Gasteiger partial charge in [-0.2, -0.15) is 5.26 Å². The molecule has 9 heteroatoms. The number of rotatable bonds is 8. The standard InChI is InChI=1S/C24H32N6O3/c1-23(2,3)12-17-11-20(33-30-17)28-19(32)10-15-6-8-16(9-7-15)21(26)18(13-25)22(27)29-24(4,5)14-31/h6-9,11,31H,10,12,14,26H2,1-5H3,(H2,27,29)(H,28,32)/b21-18-. The first-order valence-electron chi connectivity index (χ1n) is 10.5. The van der Waals surface area contributed by atoms with Crippen molar-refractivity contribution in [2.45, 2.75) is 53.0 Å². The van der Waals surface area contributed by atoms with Crippen molar-refractivity contribution in [3.63, 3.8) is 0 Å². The lowest BCUT2D eigenvalue weighted by Crippen LogP contribution is -2.28. The molecule has 0 unspecified atom stereocenters. The maximum absolute atomic E-state index is 12.4. The van der Waals surface area contributed by atoms with Crippen molar-refractivity contribution in [1.82, 2.24) is 5.16 Å². The molecule has 2 rings (SSSR count). The number of aliphatic imine (C=N–C) groups is 1. The summed E-state index contributed by atoms with van der Waals surface area (Å²) in [6.07, 6.45) is 0.860. The monoisotopic (exact) mass is 452 g/mol. The van der Waals surface area contributed by atoms with Crippen LogP contribution in [0.2, 0.25) is 0 Å². The van der Waals surface area contributed by atoms with Gasteiger partial charge in [-0.3, -0.25) is 15.1 Å². The number of amidine groups is 1. The van der Waals surface area contributed by atoms with Crippen molar-refractivity contribution in [3.05, 3.63) is 52.7 Å². The van der Waals surface area contributed by atoms with Crippen LogP contribution in [0.3, 0.4) is 0 Å². The first-order chi connectivity index (χ1) is 15.3. The van der Waals surface area contributed by atoms with Gasteiger partial charge in [0.05, 0.1) is 30.0 Å². The highest BCUT2D eigenvalue weighted by molar-refractivity contribution is 6.07. The fraction of sp³-hybridized carbons (Fsp3) is 0.417. The summed E-state index contributed by atoms with van der Waals surface area (Å²) >= 11 is 0. The Hall–Kier alpha value is -3.64. The van der Waals surface area contributed by atoms with E-state index in [0.29, 0.717) is 11.4 Å². The lowest BCUT2D eigenvalue weighted by molar-refractivity contribution is -0.115. The highest BCUT2D eigenvalue weighted by atomic mass is 16.5. The predicted octanol–water partition coefficient (Wildman–Crippen LogP) is 2.77. The largest absolute Gasteiger partial charge is 0.397 e. The second kappa shape index (κ2) is 10.3. The van der Waals surface area contributed by atoms with Crippen LogP contribution in [0.25, 0.3) is 5.70 Å². The quantitative estimate of drug-likeness (QED) is 0.272. The summed E-state index contributed by atoms with van der Waals surface area (Å²) in [5, 5.41) is 25.6. The zero-order valence-corrected chi connectivity index (χ0v) is 19.8. The highest BCUT2D eigenvalue weighted by Gasteiger charge is 2.19. The third-order valence-corrected chi connectivity index (χ3v) is 4.61. The zero-order valence-electron chi connectivity index (χ0n) is 19.8. The van der Waals surface area contributed by atoms with Crippen molar-refractivity contribution in [1.29, 1.82) is 5.26 Å². The van der Waals surface area contributed by atoms with Crippen LogP contribution in [0.1, 0.15) is 51.4 Å². The number of nitrogens with two attached hydrogens (primary N) is 2. The molecule has 0 saturated heterocycles. The average molecular weight is 453 g/mol. The van der Waals surface area contributed by atoms with Gasteiger partial charge >= 0.3 is 0 Å². The van der Waals surface area contributed by atoms with Crippen LogP contribution < -0.4 is 16.8 Å². The van der Waals surface area contributed by atoms with Gasteiger partial charge in [-0.05, 0) is 36.8 Å². The number of hydrogen-bond acceptors (Lipinski definition) is 7. The van der Waals surface area contributed by atoms with Crippen LogP contribution in [0.4, 0.5) is 5.88 Å². The van der Waals surface area contributed by atoms with Gasteiger partial charge in [0, 0.05) is 6.07 Å². The first kappa shape index (κ1) is 25.6. The molecule has 6 N–H and O–H groups in total. The molecule has 1 amide bonds. The van der Waals surface area contributed by atoms with Gasteiger partial charge in [0.1, 0.15) is 17.5 Å². The van der Waals surface area contributed by atoms with Crippen molar-refractivity contribution in [3.8, 4) is 6.07 Å². The molecule has 2 aromatic rings. The Kier molecular flexibility index (Phi) is 8.01. The molecule has 9 nitrogen and oxygen atoms in total. The van der Waals surface area contributed by atoms with Crippen molar-refractivity contribution >= 4 is 23.3 Å². The smallest absolute Gasteiger partial charge is 0.231 e. The van der Waals surface area contributed by atoms with E-state index in [2.05, 4.69) is 36.2 Å². The van der Waals surface area contributed by atoms with Crippen LogP contribution in [0.15, 0.2) is 45.4 Å². The van der Waals surface area contributed by atoms with E-state index < -0.39 is 5.54 Å². The number of aromatic nitrogens is 1. The van der Waals surface area contributed by atoms with E-state index in [1.54, 1.807) is 44.2 Å². The molecule has 0 atom stereocenters. The maximum atomic E-state index is 12.4. The summed E-state index contributed by atoms with van der Waals surface area (Å²) in [5.74, 6) is 0.0164. The molecule has 1 heterocycles. The second-order valence-electron chi connectivity index (χ2n) is 9.71. The van der Waals surface area contributed by atoms with Crippen LogP contribution in [-0.4, -0.2) is 34.2 Å². The first-order valence-corrected chi connectivity index (χ1v) is 10.5. The number of aliphatic hydroxyl groups excluding tert-OH is 1. The normalized spacial score (nSPS) is 13.3. The van der Waals surface area contributed by atoms with E-state index in [-0.39, 0.29) is 41.5 Å². The molecule has 33 heavy (non-hydrogen) atoms. The van der Waals surface area contributed by atoms with E-state index in [1.807, 2.05) is 6.07 Å². The molecule has 0 aliphatic rings. The molecule has 1 aromatic carbocycles. The number of anilines is 1. The van der Waals surface area contributed by atoms with Gasteiger partial charge in [-0.25, -0.2) is 0 Å². The number of hydrogen-bond donors (Lipinski definition) is 4. The van der Waals surface area contributed by atoms with Gasteiger partial charge in [0.25, 0.3) is 0 Å². The van der Waals surface area contributed by atoms with E-state index in [1.165, 1.54) is 0 Å². The number of nitriles is 1. The van der Waals surface area contributed by atoms with Crippen LogP contribution in [0.5, 0.6) is 0 Å². The molecule has 0 bridgehead atoms. The fourth-order valence-corrected chi connectivity index (χ4v) is 2.98. The number of nitrogens with one attached hydrogen (secondary N) is 1. The lowest BCUT2D eigenvalue weighted by atomic mass is 9.91. The van der Waals surface area contributed by atoms with Crippen molar-refractivity contribution in [2.24, 2.45) is 21.9 Å². The minimum Gasteiger partial charge on any atom is -0.397 e. The fourth-order valence-electron chi connectivity index (χ4n) is 2.98. The molecule has 0 aliphatic carbocycles. The van der Waals surface area contributed by atoms with Gasteiger partial charge in [0.15, 0.2) is 0 Å². The zero-order chi connectivity index (χ0) is 24.8. The Morgan fingerprint density at radius 1 is 1.21 bits per heavy atom. The topological polar surface area (TPSA) is 164 Å². The summed E-state index contributed by atoms with van der Waals surface area (Å²) in [7, 11) is 0. The molecular weight excluding hydrogens is 420 g/mol. The predicted molar refractivity (Wildman–Crippen MR) is 128 cm³/mol. The van der Waals surface area contributed by atoms with Crippen LogP contribution in [-0.2, 0) is 17.6 Å². The van der Waals surface area contributed by atoms with E-state index in [4.69, 9.17) is 16.0 Å². The van der Waals surface area contributed by atoms with Crippen LogP contribution >= 0.6 is 0 Å². The molecule has 176 valence electrons. The minimum atomic E-state index is -0.833. The van der Waals surface area contributed by atoms with Gasteiger partial charge in [-0.15, -0.1) is 0 Å². The highest BCUT2D eigenvalue weighted by Crippen LogP contribution is 2.22. The van der Waals surface area contributed by atoms with Crippen LogP contribution in [0, 0.1) is 16.7 Å². The molecule has 1 aromatic heterocycles. The second-order valence-corrected chi connectivity index (χ2v) is 9.71. The van der Waals surface area contributed by atoms with Gasteiger partial charge < -0.3 is 21.1 Å². The average Bonchev–Trinajstić information content (AvgIpc) is 3.13. The molecular formula is C24H32N6O3. The SMILES string of the molecule is CC(C)(C)Cc1cc(NC(=O)Cc2ccc(/C(N)=C(\C#N)C(N)=NC(C)(C)CO)cc2)on1. The third-order valence-electron chi connectivity index (χ3n) is 4.61. The molecule has 0 radical (unpaired) electrons.